The summed E-state index contributed by atoms with van der Waals surface area (Å²) in [6.07, 6.45) is 5.18. The Morgan fingerprint density at radius 1 is 1.80 bits per heavy atom. The van der Waals surface area contributed by atoms with Gasteiger partial charge in [-0.2, -0.15) is 16.9 Å². The van der Waals surface area contributed by atoms with Gasteiger partial charge < -0.3 is 11.1 Å². The van der Waals surface area contributed by atoms with Crippen molar-refractivity contribution in [1.29, 1.82) is 0 Å². The molecule has 0 radical (unpaired) electrons. The van der Waals surface area contributed by atoms with Gasteiger partial charge in [0.2, 0.25) is 5.91 Å². The third-order valence-corrected chi connectivity index (χ3v) is 2.92. The number of anilines is 1. The molecule has 5 nitrogen and oxygen atoms in total. The monoisotopic (exact) mass is 228 g/mol. The predicted molar refractivity (Wildman–Crippen MR) is 62.6 cm³/mol. The largest absolute Gasteiger partial charge is 0.396 e. The number of carbonyl (C=O) groups is 1. The van der Waals surface area contributed by atoms with Crippen molar-refractivity contribution in [2.45, 2.75) is 18.7 Å². The van der Waals surface area contributed by atoms with E-state index in [0.29, 0.717) is 17.5 Å². The molecule has 1 unspecified atom stereocenters. The smallest absolute Gasteiger partial charge is 0.241 e. The second-order valence-electron chi connectivity index (χ2n) is 3.32. The number of aromatic nitrogens is 2. The van der Waals surface area contributed by atoms with Crippen molar-refractivity contribution in [2.75, 3.05) is 18.5 Å². The summed E-state index contributed by atoms with van der Waals surface area (Å²) in [5, 5.41) is 7.19. The Balaban J connectivity index is 2.30. The predicted octanol–water partition coefficient (Wildman–Crippen LogP) is 0.333. The van der Waals surface area contributed by atoms with Gasteiger partial charge in [-0.05, 0) is 6.26 Å². The maximum Gasteiger partial charge on any atom is 0.241 e. The third kappa shape index (κ3) is 4.24. The van der Waals surface area contributed by atoms with Crippen LogP contribution in [0.3, 0.4) is 0 Å². The molecule has 0 saturated carbocycles. The highest BCUT2D eigenvalue weighted by atomic mass is 32.2. The number of rotatable bonds is 5. The van der Waals surface area contributed by atoms with Gasteiger partial charge in [-0.15, -0.1) is 0 Å². The Labute approximate surface area is 93.4 Å². The van der Waals surface area contributed by atoms with E-state index in [0.717, 1.165) is 0 Å². The lowest BCUT2D eigenvalue weighted by Crippen LogP contribution is -2.32. The normalized spacial score (nSPS) is 12.4. The molecule has 0 aromatic carbocycles. The van der Waals surface area contributed by atoms with Crippen LogP contribution in [0.15, 0.2) is 12.4 Å². The van der Waals surface area contributed by atoms with Crippen LogP contribution in [0.25, 0.3) is 0 Å². The van der Waals surface area contributed by atoms with Crippen LogP contribution in [-0.4, -0.2) is 33.7 Å². The average molecular weight is 228 g/mol. The van der Waals surface area contributed by atoms with Gasteiger partial charge in [0.05, 0.1) is 11.9 Å². The molecule has 1 aromatic heterocycles. The third-order valence-electron chi connectivity index (χ3n) is 1.95. The fourth-order valence-corrected chi connectivity index (χ4v) is 1.26. The zero-order valence-corrected chi connectivity index (χ0v) is 9.75. The zero-order valence-electron chi connectivity index (χ0n) is 8.93. The Morgan fingerprint density at radius 3 is 3.07 bits per heavy atom. The quantitative estimate of drug-likeness (QED) is 0.762. The Morgan fingerprint density at radius 2 is 2.53 bits per heavy atom. The van der Waals surface area contributed by atoms with Crippen LogP contribution in [0.2, 0.25) is 0 Å². The topological polar surface area (TPSA) is 72.9 Å². The number of nitrogens with one attached hydrogen (secondary N) is 1. The van der Waals surface area contributed by atoms with Crippen LogP contribution in [0, 0.1) is 0 Å². The first-order chi connectivity index (χ1) is 7.11. The number of nitrogens with two attached hydrogens (primary N) is 1. The van der Waals surface area contributed by atoms with E-state index in [1.807, 2.05) is 6.26 Å². The van der Waals surface area contributed by atoms with Crippen molar-refractivity contribution < 1.29 is 4.79 Å². The van der Waals surface area contributed by atoms with E-state index in [1.54, 1.807) is 18.0 Å². The molecule has 0 bridgehead atoms. The Hall–Kier alpha value is -1.17. The van der Waals surface area contributed by atoms with Gasteiger partial charge in [-0.1, -0.05) is 6.92 Å². The number of thioether (sulfide) groups is 1. The fraction of sp³-hybridized carbons (Fsp3) is 0.556. The number of carbonyl (C=O) groups excluding carboxylic acids is 1. The lowest BCUT2D eigenvalue weighted by atomic mass is 10.4. The molecular formula is C9H16N4OS. The molecule has 84 valence electrons. The molecular weight excluding hydrogens is 212 g/mol. The van der Waals surface area contributed by atoms with E-state index in [1.165, 1.54) is 10.9 Å². The van der Waals surface area contributed by atoms with Crippen LogP contribution in [0.4, 0.5) is 5.69 Å². The summed E-state index contributed by atoms with van der Waals surface area (Å²) < 4.78 is 1.52. The molecule has 15 heavy (non-hydrogen) atoms. The van der Waals surface area contributed by atoms with E-state index in [-0.39, 0.29) is 12.5 Å². The summed E-state index contributed by atoms with van der Waals surface area (Å²) in [5.41, 5.74) is 6.05. The highest BCUT2D eigenvalue weighted by Crippen LogP contribution is 2.02. The molecule has 0 fully saturated rings. The molecule has 1 atom stereocenters. The van der Waals surface area contributed by atoms with Gasteiger partial charge in [0.25, 0.3) is 0 Å². The SMILES string of the molecule is CSC(C)CNC(=O)Cn1cc(N)cn1. The van der Waals surface area contributed by atoms with Gasteiger partial charge in [0.1, 0.15) is 6.54 Å². The molecule has 0 saturated heterocycles. The first-order valence-electron chi connectivity index (χ1n) is 4.69. The van der Waals surface area contributed by atoms with Gasteiger partial charge in [-0.3, -0.25) is 9.48 Å². The van der Waals surface area contributed by atoms with Crippen LogP contribution >= 0.6 is 11.8 Å². The first-order valence-corrected chi connectivity index (χ1v) is 5.98. The van der Waals surface area contributed by atoms with Crippen molar-refractivity contribution >= 4 is 23.4 Å². The minimum atomic E-state index is -0.0426. The summed E-state index contributed by atoms with van der Waals surface area (Å²) in [6.45, 7) is 2.96. The number of nitrogens with zero attached hydrogens (tertiary/aromatic N) is 2. The van der Waals surface area contributed by atoms with E-state index in [4.69, 9.17) is 5.73 Å². The fourth-order valence-electron chi connectivity index (χ4n) is 1.01. The standard InChI is InChI=1S/C9H16N4OS/c1-7(15-2)3-11-9(14)6-13-5-8(10)4-12-13/h4-5,7H,3,6,10H2,1-2H3,(H,11,14). The molecule has 1 aromatic rings. The summed E-state index contributed by atoms with van der Waals surface area (Å²) in [5.74, 6) is -0.0426. The average Bonchev–Trinajstić information content (AvgIpc) is 2.60. The minimum absolute atomic E-state index is 0.0426. The van der Waals surface area contributed by atoms with Gasteiger partial charge in [-0.25, -0.2) is 0 Å². The van der Waals surface area contributed by atoms with E-state index in [2.05, 4.69) is 17.3 Å². The van der Waals surface area contributed by atoms with E-state index in [9.17, 15) is 4.79 Å². The summed E-state index contributed by atoms with van der Waals surface area (Å²) in [6, 6.07) is 0. The zero-order chi connectivity index (χ0) is 11.3. The molecule has 0 aliphatic rings. The molecule has 6 heteroatoms. The number of hydrogen-bond acceptors (Lipinski definition) is 4. The highest BCUT2D eigenvalue weighted by molar-refractivity contribution is 7.99. The number of hydrogen-bond donors (Lipinski definition) is 2. The molecule has 1 amide bonds. The lowest BCUT2D eigenvalue weighted by molar-refractivity contribution is -0.121. The number of amides is 1. The van der Waals surface area contributed by atoms with Crippen LogP contribution in [0.5, 0.6) is 0 Å². The molecule has 1 rings (SSSR count). The Bertz CT molecular complexity index is 326. The van der Waals surface area contributed by atoms with Crippen molar-refractivity contribution in [3.05, 3.63) is 12.4 Å². The van der Waals surface area contributed by atoms with Gasteiger partial charge in [0, 0.05) is 18.0 Å². The van der Waals surface area contributed by atoms with Gasteiger partial charge >= 0.3 is 0 Å². The second-order valence-corrected chi connectivity index (χ2v) is 4.60. The second kappa shape index (κ2) is 5.65. The first kappa shape index (κ1) is 11.9. The van der Waals surface area contributed by atoms with Crippen molar-refractivity contribution in [2.24, 2.45) is 0 Å². The minimum Gasteiger partial charge on any atom is -0.396 e. The van der Waals surface area contributed by atoms with Crippen LogP contribution in [0.1, 0.15) is 6.92 Å². The van der Waals surface area contributed by atoms with Crippen molar-refractivity contribution in [3.8, 4) is 0 Å². The molecule has 0 aliphatic heterocycles. The molecule has 0 aliphatic carbocycles. The summed E-state index contributed by atoms with van der Waals surface area (Å²) in [4.78, 5) is 11.4. The maximum atomic E-state index is 11.4. The molecule has 3 N–H and O–H groups in total. The van der Waals surface area contributed by atoms with E-state index >= 15 is 0 Å². The molecule has 0 spiro atoms. The highest BCUT2D eigenvalue weighted by Gasteiger charge is 2.05. The summed E-state index contributed by atoms with van der Waals surface area (Å²) in [7, 11) is 0. The lowest BCUT2D eigenvalue weighted by Gasteiger charge is -2.09. The summed E-state index contributed by atoms with van der Waals surface area (Å²) >= 11 is 1.72. The van der Waals surface area contributed by atoms with E-state index < -0.39 is 0 Å². The number of nitrogen functional groups attached to an aromatic ring is 1. The maximum absolute atomic E-state index is 11.4. The van der Waals surface area contributed by atoms with Gasteiger partial charge in [0.15, 0.2) is 0 Å². The van der Waals surface area contributed by atoms with Crippen LogP contribution in [-0.2, 0) is 11.3 Å². The van der Waals surface area contributed by atoms with Crippen molar-refractivity contribution in [1.82, 2.24) is 15.1 Å². The van der Waals surface area contributed by atoms with Crippen molar-refractivity contribution in [3.63, 3.8) is 0 Å². The molecule has 1 heterocycles. The Kier molecular flexibility index (Phi) is 4.48. The van der Waals surface area contributed by atoms with Crippen LogP contribution < -0.4 is 11.1 Å².